The molecular weight excluding hydrogens is 261 g/mol. The highest BCUT2D eigenvalue weighted by Crippen LogP contribution is 2.45. The summed E-state index contributed by atoms with van der Waals surface area (Å²) in [6.07, 6.45) is 10.2. The predicted octanol–water partition coefficient (Wildman–Crippen LogP) is 3.72. The molecular formula is C12H13ClFNOS. The average molecular weight is 274 g/mol. The Balaban J connectivity index is 2.17. The molecule has 17 heavy (non-hydrogen) atoms. The summed E-state index contributed by atoms with van der Waals surface area (Å²) in [5.41, 5.74) is 0. The lowest BCUT2D eigenvalue weighted by Crippen LogP contribution is -2.33. The van der Waals surface area contributed by atoms with Crippen molar-refractivity contribution in [1.82, 2.24) is 0 Å². The Morgan fingerprint density at radius 1 is 1.53 bits per heavy atom. The minimum Gasteiger partial charge on any atom is -0.224 e. The van der Waals surface area contributed by atoms with Gasteiger partial charge in [-0.25, -0.2) is 9.18 Å². The number of hydrogen-bond acceptors (Lipinski definition) is 3. The Morgan fingerprint density at radius 2 is 2.24 bits per heavy atom. The molecule has 0 bridgehead atoms. The van der Waals surface area contributed by atoms with Crippen LogP contribution in [0.15, 0.2) is 28.3 Å². The molecule has 5 heteroatoms. The van der Waals surface area contributed by atoms with Crippen molar-refractivity contribution in [2.75, 3.05) is 0 Å². The summed E-state index contributed by atoms with van der Waals surface area (Å²) in [5.74, 6) is 0. The normalized spacial score (nSPS) is 33.3. The number of hydrogen-bond donors (Lipinski definition) is 0. The van der Waals surface area contributed by atoms with Crippen molar-refractivity contribution >= 4 is 29.4 Å². The lowest BCUT2D eigenvalue weighted by molar-refractivity contribution is 0.324. The van der Waals surface area contributed by atoms with E-state index in [4.69, 9.17) is 11.6 Å². The van der Waals surface area contributed by atoms with Gasteiger partial charge in [-0.05, 0) is 25.0 Å². The summed E-state index contributed by atoms with van der Waals surface area (Å²) in [5, 5.41) is -1.06. The summed E-state index contributed by atoms with van der Waals surface area (Å²) >= 11 is 7.06. The predicted molar refractivity (Wildman–Crippen MR) is 68.7 cm³/mol. The number of carbonyl (C=O) groups excluding carboxylic acids is 1. The van der Waals surface area contributed by atoms with Crippen LogP contribution in [-0.4, -0.2) is 22.4 Å². The molecule has 1 fully saturated rings. The third-order valence-corrected chi connectivity index (χ3v) is 4.78. The SMILES string of the molecule is O=C=NC1C=CC(Cl)=CC1(F)SC1CCCC1. The summed E-state index contributed by atoms with van der Waals surface area (Å²) < 4.78 is 14.8. The Morgan fingerprint density at radius 3 is 2.88 bits per heavy atom. The molecule has 0 spiro atoms. The van der Waals surface area contributed by atoms with Crippen molar-refractivity contribution in [2.24, 2.45) is 4.99 Å². The quantitative estimate of drug-likeness (QED) is 0.579. The fourth-order valence-corrected chi connectivity index (χ4v) is 4.03. The second-order valence-corrected chi connectivity index (χ2v) is 6.24. The third kappa shape index (κ3) is 3.01. The molecule has 2 nitrogen and oxygen atoms in total. The molecule has 0 aromatic carbocycles. The maximum atomic E-state index is 14.8. The van der Waals surface area contributed by atoms with Crippen LogP contribution in [0.3, 0.4) is 0 Å². The summed E-state index contributed by atoms with van der Waals surface area (Å²) in [7, 11) is 0. The first kappa shape index (κ1) is 12.9. The van der Waals surface area contributed by atoms with Gasteiger partial charge in [-0.2, -0.15) is 4.99 Å². The van der Waals surface area contributed by atoms with E-state index in [2.05, 4.69) is 4.99 Å². The van der Waals surface area contributed by atoms with E-state index in [1.165, 1.54) is 30.0 Å². The highest BCUT2D eigenvalue weighted by Gasteiger charge is 2.41. The van der Waals surface area contributed by atoms with Crippen LogP contribution < -0.4 is 0 Å². The van der Waals surface area contributed by atoms with Crippen LogP contribution in [-0.2, 0) is 4.79 Å². The molecule has 0 saturated heterocycles. The van der Waals surface area contributed by atoms with Gasteiger partial charge in [0.15, 0.2) is 0 Å². The molecule has 2 unspecified atom stereocenters. The monoisotopic (exact) mass is 273 g/mol. The van der Waals surface area contributed by atoms with Gasteiger partial charge in [-0.1, -0.05) is 30.5 Å². The summed E-state index contributed by atoms with van der Waals surface area (Å²) in [6, 6.07) is -0.812. The van der Waals surface area contributed by atoms with E-state index in [-0.39, 0.29) is 5.25 Å². The van der Waals surface area contributed by atoms with Gasteiger partial charge >= 0.3 is 0 Å². The van der Waals surface area contributed by atoms with E-state index in [0.29, 0.717) is 5.03 Å². The van der Waals surface area contributed by atoms with E-state index in [9.17, 15) is 9.18 Å². The second kappa shape index (κ2) is 5.38. The number of allylic oxidation sites excluding steroid dienone is 2. The molecule has 0 aliphatic heterocycles. The Bertz CT molecular complexity index is 399. The number of rotatable bonds is 3. The van der Waals surface area contributed by atoms with Gasteiger partial charge in [0.05, 0.1) is 0 Å². The van der Waals surface area contributed by atoms with Gasteiger partial charge in [0.2, 0.25) is 11.1 Å². The fraction of sp³-hybridized carbons (Fsp3) is 0.583. The summed E-state index contributed by atoms with van der Waals surface area (Å²) in [6.45, 7) is 0. The number of isocyanates is 1. The first-order valence-electron chi connectivity index (χ1n) is 5.64. The van der Waals surface area contributed by atoms with Gasteiger partial charge < -0.3 is 0 Å². The van der Waals surface area contributed by atoms with Crippen molar-refractivity contribution in [3.05, 3.63) is 23.3 Å². The Labute approximate surface area is 109 Å². The van der Waals surface area contributed by atoms with Crippen molar-refractivity contribution in [3.8, 4) is 0 Å². The standard InChI is InChI=1S/C12H13ClFNOS/c13-9-5-6-11(15-8-16)12(14,7-9)17-10-3-1-2-4-10/h5-7,10-11H,1-4H2. The molecule has 92 valence electrons. The fourth-order valence-electron chi connectivity index (χ4n) is 2.19. The van der Waals surface area contributed by atoms with Gasteiger partial charge in [0.1, 0.15) is 6.04 Å². The Hall–Kier alpha value is -0.570. The van der Waals surface area contributed by atoms with E-state index in [1.807, 2.05) is 0 Å². The van der Waals surface area contributed by atoms with Crippen molar-refractivity contribution in [2.45, 2.75) is 42.0 Å². The molecule has 0 heterocycles. The van der Waals surface area contributed by atoms with E-state index in [1.54, 1.807) is 6.08 Å². The Kier molecular flexibility index (Phi) is 4.08. The van der Waals surface area contributed by atoms with E-state index in [0.717, 1.165) is 25.7 Å². The molecule has 2 aliphatic carbocycles. The molecule has 0 aromatic heterocycles. The zero-order valence-electron chi connectivity index (χ0n) is 9.23. The van der Waals surface area contributed by atoms with Crippen molar-refractivity contribution in [1.29, 1.82) is 0 Å². The lowest BCUT2D eigenvalue weighted by Gasteiger charge is -2.30. The van der Waals surface area contributed by atoms with Gasteiger partial charge in [-0.3, -0.25) is 0 Å². The lowest BCUT2D eigenvalue weighted by atomic mass is 10.1. The second-order valence-electron chi connectivity index (χ2n) is 4.28. The minimum absolute atomic E-state index is 0.288. The molecule has 2 aliphatic rings. The first-order chi connectivity index (χ1) is 8.14. The van der Waals surface area contributed by atoms with Crippen molar-refractivity contribution in [3.63, 3.8) is 0 Å². The number of aliphatic imine (C=N–C) groups is 1. The molecule has 1 saturated carbocycles. The maximum Gasteiger partial charge on any atom is 0.235 e. The highest BCUT2D eigenvalue weighted by atomic mass is 35.5. The molecule has 2 rings (SSSR count). The largest absolute Gasteiger partial charge is 0.235 e. The van der Waals surface area contributed by atoms with Crippen LogP contribution in [0.4, 0.5) is 4.39 Å². The zero-order chi connectivity index (χ0) is 12.3. The van der Waals surface area contributed by atoms with Gasteiger partial charge in [0, 0.05) is 10.3 Å². The number of nitrogens with zero attached hydrogens (tertiary/aromatic N) is 1. The van der Waals surface area contributed by atoms with Crippen LogP contribution >= 0.6 is 23.4 Å². The summed E-state index contributed by atoms with van der Waals surface area (Å²) in [4.78, 5) is 13.8. The molecule has 0 radical (unpaired) electrons. The van der Waals surface area contributed by atoms with Crippen LogP contribution in [0.2, 0.25) is 0 Å². The van der Waals surface area contributed by atoms with Gasteiger partial charge in [-0.15, -0.1) is 11.8 Å². The third-order valence-electron chi connectivity index (χ3n) is 3.02. The van der Waals surface area contributed by atoms with Crippen LogP contribution in [0, 0.1) is 0 Å². The number of halogens is 2. The highest BCUT2D eigenvalue weighted by molar-refractivity contribution is 8.01. The molecule has 2 atom stereocenters. The van der Waals surface area contributed by atoms with Crippen LogP contribution in [0.5, 0.6) is 0 Å². The smallest absolute Gasteiger partial charge is 0.224 e. The average Bonchev–Trinajstić information content (AvgIpc) is 2.75. The zero-order valence-corrected chi connectivity index (χ0v) is 10.8. The van der Waals surface area contributed by atoms with E-state index >= 15 is 0 Å². The van der Waals surface area contributed by atoms with Crippen LogP contribution in [0.25, 0.3) is 0 Å². The molecule has 0 N–H and O–H groups in total. The minimum atomic E-state index is -1.71. The van der Waals surface area contributed by atoms with Crippen molar-refractivity contribution < 1.29 is 9.18 Å². The van der Waals surface area contributed by atoms with Crippen LogP contribution in [0.1, 0.15) is 25.7 Å². The number of alkyl halides is 1. The molecule has 0 amide bonds. The first-order valence-corrected chi connectivity index (χ1v) is 6.90. The van der Waals surface area contributed by atoms with E-state index < -0.39 is 11.0 Å². The maximum absolute atomic E-state index is 14.8. The number of thioether (sulfide) groups is 1. The van der Waals surface area contributed by atoms with Gasteiger partial charge in [0.25, 0.3) is 0 Å². The molecule has 0 aromatic rings. The topological polar surface area (TPSA) is 29.4 Å².